The van der Waals surface area contributed by atoms with Crippen LogP contribution in [-0.2, 0) is 0 Å². The largest absolute Gasteiger partial charge is 0.390 e. The van der Waals surface area contributed by atoms with Crippen molar-refractivity contribution < 1.29 is 17.6 Å². The predicted octanol–water partition coefficient (Wildman–Crippen LogP) is 3.96. The Morgan fingerprint density at radius 3 is 2.31 bits per heavy atom. The second kappa shape index (κ2) is 5.84. The molecule has 0 aromatic heterocycles. The van der Waals surface area contributed by atoms with Crippen molar-refractivity contribution in [2.24, 2.45) is 5.73 Å². The summed E-state index contributed by atoms with van der Waals surface area (Å²) in [7, 11) is 0. The van der Waals surface area contributed by atoms with Crippen molar-refractivity contribution >= 4 is 28.3 Å². The van der Waals surface area contributed by atoms with Crippen molar-refractivity contribution in [1.29, 1.82) is 0 Å². The molecule has 0 amide bonds. The quantitative estimate of drug-likeness (QED) is 0.819. The number of rotatable bonds is 2. The van der Waals surface area contributed by atoms with Crippen molar-refractivity contribution in [1.82, 2.24) is 0 Å². The van der Waals surface area contributed by atoms with Gasteiger partial charge in [-0.05, 0) is 12.1 Å². The van der Waals surface area contributed by atoms with E-state index < -0.39 is 24.5 Å². The molecule has 1 atom stereocenters. The lowest BCUT2D eigenvalue weighted by molar-refractivity contribution is -0.138. The summed E-state index contributed by atoms with van der Waals surface area (Å²) >= 11 is 2.97. The van der Waals surface area contributed by atoms with E-state index in [1.807, 2.05) is 0 Å². The van der Waals surface area contributed by atoms with Crippen LogP contribution >= 0.6 is 28.3 Å². The summed E-state index contributed by atoms with van der Waals surface area (Å²) in [5.41, 5.74) is 5.15. The van der Waals surface area contributed by atoms with Gasteiger partial charge in [-0.2, -0.15) is 13.2 Å². The van der Waals surface area contributed by atoms with Gasteiger partial charge in [-0.25, -0.2) is 4.39 Å². The zero-order chi connectivity index (χ0) is 11.6. The van der Waals surface area contributed by atoms with Crippen molar-refractivity contribution in [2.75, 3.05) is 0 Å². The molecule has 0 fully saturated rings. The van der Waals surface area contributed by atoms with Gasteiger partial charge < -0.3 is 5.73 Å². The Kier molecular flexibility index (Phi) is 5.72. The number of halogens is 6. The standard InChI is InChI=1S/C9H8BrF4N.ClH/c10-5-2-1-3-6(11)8(5)7(15)4-9(12,13)14;/h1-3,7H,4,15H2;1H/t7-;/m1./s1. The van der Waals surface area contributed by atoms with Gasteiger partial charge in [0.2, 0.25) is 0 Å². The Balaban J connectivity index is 0.00000225. The highest BCUT2D eigenvalue weighted by atomic mass is 79.9. The Hall–Kier alpha value is -0.330. The van der Waals surface area contributed by atoms with Crippen LogP contribution in [0.5, 0.6) is 0 Å². The van der Waals surface area contributed by atoms with Crippen LogP contribution in [0.1, 0.15) is 18.0 Å². The zero-order valence-electron chi connectivity index (χ0n) is 7.89. The summed E-state index contributed by atoms with van der Waals surface area (Å²) in [6, 6.07) is 2.54. The number of hydrogen-bond donors (Lipinski definition) is 1. The Bertz CT molecular complexity index is 336. The molecule has 92 valence electrons. The van der Waals surface area contributed by atoms with Crippen LogP contribution in [0, 0.1) is 5.82 Å². The van der Waals surface area contributed by atoms with E-state index in [1.165, 1.54) is 12.1 Å². The van der Waals surface area contributed by atoms with E-state index in [4.69, 9.17) is 5.73 Å². The summed E-state index contributed by atoms with van der Waals surface area (Å²) in [6.45, 7) is 0. The minimum atomic E-state index is -4.40. The highest BCUT2D eigenvalue weighted by molar-refractivity contribution is 9.10. The van der Waals surface area contributed by atoms with Crippen molar-refractivity contribution in [3.05, 3.63) is 34.1 Å². The van der Waals surface area contributed by atoms with E-state index in [-0.39, 0.29) is 22.4 Å². The van der Waals surface area contributed by atoms with Crippen LogP contribution in [0.2, 0.25) is 0 Å². The molecule has 2 N–H and O–H groups in total. The maximum absolute atomic E-state index is 13.2. The number of alkyl halides is 3. The lowest BCUT2D eigenvalue weighted by Gasteiger charge is -2.16. The van der Waals surface area contributed by atoms with E-state index in [9.17, 15) is 17.6 Å². The third-order valence-corrected chi connectivity index (χ3v) is 2.51. The van der Waals surface area contributed by atoms with Crippen LogP contribution < -0.4 is 5.73 Å². The fourth-order valence-electron chi connectivity index (χ4n) is 1.22. The van der Waals surface area contributed by atoms with Gasteiger partial charge >= 0.3 is 6.18 Å². The maximum atomic E-state index is 13.2. The third-order valence-electron chi connectivity index (χ3n) is 1.82. The zero-order valence-corrected chi connectivity index (χ0v) is 10.3. The Morgan fingerprint density at radius 2 is 1.88 bits per heavy atom. The fourth-order valence-corrected chi connectivity index (χ4v) is 1.85. The van der Waals surface area contributed by atoms with Gasteiger partial charge in [0.15, 0.2) is 0 Å². The molecule has 0 aliphatic carbocycles. The average molecular weight is 323 g/mol. The van der Waals surface area contributed by atoms with Crippen molar-refractivity contribution in [3.8, 4) is 0 Å². The molecule has 0 spiro atoms. The molecule has 0 unspecified atom stereocenters. The maximum Gasteiger partial charge on any atom is 0.390 e. The fraction of sp³-hybridized carbons (Fsp3) is 0.333. The van der Waals surface area contributed by atoms with Crippen molar-refractivity contribution in [3.63, 3.8) is 0 Å². The summed E-state index contributed by atoms with van der Waals surface area (Å²) in [5.74, 6) is -0.735. The molecule has 16 heavy (non-hydrogen) atoms. The van der Waals surface area contributed by atoms with Gasteiger partial charge in [0, 0.05) is 16.1 Å². The second-order valence-electron chi connectivity index (χ2n) is 3.06. The number of nitrogens with two attached hydrogens (primary N) is 1. The van der Waals surface area contributed by atoms with Crippen LogP contribution in [-0.4, -0.2) is 6.18 Å². The summed E-state index contributed by atoms with van der Waals surface area (Å²) in [6.07, 6.45) is -5.65. The van der Waals surface area contributed by atoms with E-state index in [2.05, 4.69) is 15.9 Å². The molecule has 1 nitrogen and oxygen atoms in total. The SMILES string of the molecule is Cl.N[C@H](CC(F)(F)F)c1c(F)cccc1Br. The third kappa shape index (κ3) is 4.27. The van der Waals surface area contributed by atoms with Crippen LogP contribution in [0.25, 0.3) is 0 Å². The average Bonchev–Trinajstić information content (AvgIpc) is 1.99. The van der Waals surface area contributed by atoms with E-state index in [0.29, 0.717) is 0 Å². The normalized spacial score (nSPS) is 13.1. The highest BCUT2D eigenvalue weighted by Gasteiger charge is 2.32. The molecular formula is C9H9BrClF4N. The first-order valence-corrected chi connectivity index (χ1v) is 4.87. The van der Waals surface area contributed by atoms with Gasteiger partial charge in [-0.15, -0.1) is 12.4 Å². The van der Waals surface area contributed by atoms with Gasteiger partial charge in [0.25, 0.3) is 0 Å². The molecule has 1 aromatic carbocycles. The minimum Gasteiger partial charge on any atom is -0.324 e. The Morgan fingerprint density at radius 1 is 1.31 bits per heavy atom. The lowest BCUT2D eigenvalue weighted by Crippen LogP contribution is -2.21. The molecule has 0 aliphatic heterocycles. The highest BCUT2D eigenvalue weighted by Crippen LogP contribution is 2.32. The summed E-state index contributed by atoms with van der Waals surface area (Å²) in [5, 5.41) is 0. The molecule has 0 saturated carbocycles. The van der Waals surface area contributed by atoms with Gasteiger partial charge in [0.05, 0.1) is 6.42 Å². The topological polar surface area (TPSA) is 26.0 Å². The molecule has 0 heterocycles. The molecular weight excluding hydrogens is 313 g/mol. The molecule has 1 aromatic rings. The number of benzene rings is 1. The smallest absolute Gasteiger partial charge is 0.324 e. The van der Waals surface area contributed by atoms with Gasteiger partial charge in [-0.3, -0.25) is 0 Å². The van der Waals surface area contributed by atoms with E-state index in [0.717, 1.165) is 6.07 Å². The molecule has 0 aliphatic rings. The van der Waals surface area contributed by atoms with Crippen LogP contribution in [0.4, 0.5) is 17.6 Å². The Labute approximate surface area is 105 Å². The summed E-state index contributed by atoms with van der Waals surface area (Å²) in [4.78, 5) is 0. The first kappa shape index (κ1) is 15.7. The molecule has 0 saturated heterocycles. The van der Waals surface area contributed by atoms with Gasteiger partial charge in [-0.1, -0.05) is 22.0 Å². The monoisotopic (exact) mass is 321 g/mol. The molecule has 1 rings (SSSR count). The summed E-state index contributed by atoms with van der Waals surface area (Å²) < 4.78 is 49.6. The molecule has 0 bridgehead atoms. The van der Waals surface area contributed by atoms with Gasteiger partial charge in [0.1, 0.15) is 5.82 Å². The van der Waals surface area contributed by atoms with E-state index in [1.54, 1.807) is 0 Å². The first-order chi connectivity index (χ1) is 6.81. The first-order valence-electron chi connectivity index (χ1n) is 4.07. The van der Waals surface area contributed by atoms with Crippen LogP contribution in [0.15, 0.2) is 22.7 Å². The predicted molar refractivity (Wildman–Crippen MR) is 58.9 cm³/mol. The minimum absolute atomic E-state index is 0. The molecule has 0 radical (unpaired) electrons. The second-order valence-corrected chi connectivity index (χ2v) is 3.92. The number of hydrogen-bond acceptors (Lipinski definition) is 1. The van der Waals surface area contributed by atoms with E-state index >= 15 is 0 Å². The molecule has 7 heteroatoms. The van der Waals surface area contributed by atoms with Crippen molar-refractivity contribution in [2.45, 2.75) is 18.6 Å². The lowest BCUT2D eigenvalue weighted by atomic mass is 10.0. The van der Waals surface area contributed by atoms with Crippen LogP contribution in [0.3, 0.4) is 0 Å².